The Kier molecular flexibility index (Phi) is 3.99. The largest absolute Gasteiger partial charge is 0.466 e. The first-order valence-corrected chi connectivity index (χ1v) is 4.94. The monoisotopic (exact) mass is 205 g/mol. The van der Waals surface area contributed by atoms with Gasteiger partial charge in [0, 0.05) is 13.0 Å². The van der Waals surface area contributed by atoms with Crippen molar-refractivity contribution in [3.05, 3.63) is 23.2 Å². The second-order valence-electron chi connectivity index (χ2n) is 3.39. The highest BCUT2D eigenvalue weighted by Gasteiger charge is 2.12. The average molecular weight is 205 g/mol. The van der Waals surface area contributed by atoms with E-state index in [-0.39, 0.29) is 5.91 Å². The fourth-order valence-electron chi connectivity index (χ4n) is 1.34. The Bertz CT molecular complexity index is 385. The molecule has 1 aromatic rings. The van der Waals surface area contributed by atoms with E-state index in [1.807, 2.05) is 6.92 Å². The zero-order valence-electron chi connectivity index (χ0n) is 9.09. The molecule has 80 valence electrons. The number of unbranched alkanes of at least 4 members (excludes halogenated alkanes) is 1. The molecule has 15 heavy (non-hydrogen) atoms. The van der Waals surface area contributed by atoms with Gasteiger partial charge in [-0.1, -0.05) is 0 Å². The van der Waals surface area contributed by atoms with Gasteiger partial charge in [-0.25, -0.2) is 0 Å². The van der Waals surface area contributed by atoms with Crippen LogP contribution in [0.2, 0.25) is 0 Å². The average Bonchev–Trinajstić information content (AvgIpc) is 2.52. The smallest absolute Gasteiger partial charge is 0.254 e. The van der Waals surface area contributed by atoms with E-state index in [2.05, 4.69) is 11.2 Å². The highest BCUT2D eigenvalue weighted by molar-refractivity contribution is 5.95. The van der Waals surface area contributed by atoms with Crippen LogP contribution in [0.25, 0.3) is 0 Å². The molecular formula is C12H15NO2. The molecule has 1 N–H and O–H groups in total. The second kappa shape index (κ2) is 5.26. The zero-order chi connectivity index (χ0) is 11.3. The van der Waals surface area contributed by atoms with Crippen LogP contribution in [0.5, 0.6) is 0 Å². The third-order valence-electron chi connectivity index (χ3n) is 2.07. The topological polar surface area (TPSA) is 42.2 Å². The first kappa shape index (κ1) is 11.4. The molecule has 3 nitrogen and oxygen atoms in total. The lowest BCUT2D eigenvalue weighted by Gasteiger charge is -2.01. The molecule has 1 amide bonds. The van der Waals surface area contributed by atoms with Gasteiger partial charge >= 0.3 is 0 Å². The quantitative estimate of drug-likeness (QED) is 0.603. The van der Waals surface area contributed by atoms with Gasteiger partial charge < -0.3 is 9.73 Å². The number of aryl methyl sites for hydroxylation is 2. The highest BCUT2D eigenvalue weighted by atomic mass is 16.3. The molecule has 0 bridgehead atoms. The Morgan fingerprint density at radius 3 is 2.87 bits per heavy atom. The molecule has 0 radical (unpaired) electrons. The second-order valence-corrected chi connectivity index (χ2v) is 3.39. The predicted molar refractivity (Wildman–Crippen MR) is 58.6 cm³/mol. The van der Waals surface area contributed by atoms with Crippen LogP contribution in [0.4, 0.5) is 0 Å². The van der Waals surface area contributed by atoms with Crippen molar-refractivity contribution in [3.63, 3.8) is 0 Å². The molecule has 0 aliphatic heterocycles. The van der Waals surface area contributed by atoms with Gasteiger partial charge in [0.15, 0.2) is 0 Å². The maximum absolute atomic E-state index is 11.6. The molecule has 0 saturated heterocycles. The minimum atomic E-state index is -0.0960. The molecule has 0 spiro atoms. The number of nitrogens with one attached hydrogen (secondary N) is 1. The summed E-state index contributed by atoms with van der Waals surface area (Å²) in [5.74, 6) is 3.84. The van der Waals surface area contributed by atoms with E-state index < -0.39 is 0 Å². The van der Waals surface area contributed by atoms with Crippen LogP contribution >= 0.6 is 0 Å². The van der Waals surface area contributed by atoms with Crippen LogP contribution in [-0.2, 0) is 0 Å². The summed E-state index contributed by atoms with van der Waals surface area (Å²) in [6.07, 6.45) is 6.59. The molecule has 0 saturated carbocycles. The maximum Gasteiger partial charge on any atom is 0.254 e. The van der Waals surface area contributed by atoms with Crippen molar-refractivity contribution in [3.8, 4) is 12.3 Å². The lowest BCUT2D eigenvalue weighted by molar-refractivity contribution is 0.0952. The molecule has 0 aliphatic carbocycles. The molecule has 1 rings (SSSR count). The summed E-state index contributed by atoms with van der Waals surface area (Å²) >= 11 is 0. The van der Waals surface area contributed by atoms with Crippen LogP contribution < -0.4 is 5.32 Å². The predicted octanol–water partition coefficient (Wildman–Crippen LogP) is 2.04. The van der Waals surface area contributed by atoms with Crippen molar-refractivity contribution in [2.24, 2.45) is 0 Å². The Hall–Kier alpha value is -1.69. The molecular weight excluding hydrogens is 190 g/mol. The fourth-order valence-corrected chi connectivity index (χ4v) is 1.34. The van der Waals surface area contributed by atoms with Gasteiger partial charge in [0.2, 0.25) is 0 Å². The molecule has 1 heterocycles. The van der Waals surface area contributed by atoms with Gasteiger partial charge in [0.05, 0.1) is 5.56 Å². The van der Waals surface area contributed by atoms with Crippen LogP contribution in [-0.4, -0.2) is 12.5 Å². The van der Waals surface area contributed by atoms with Crippen LogP contribution in [0.3, 0.4) is 0 Å². The number of amides is 1. The standard InChI is InChI=1S/C12H15NO2/c1-4-5-6-7-13-12(14)11-8-9(2)15-10(11)3/h1,8H,5-7H2,2-3H3,(H,13,14). The molecule has 3 heteroatoms. The Balaban J connectivity index is 2.48. The normalized spacial score (nSPS) is 9.67. The number of terminal acetylenes is 1. The van der Waals surface area contributed by atoms with Crippen molar-refractivity contribution < 1.29 is 9.21 Å². The van der Waals surface area contributed by atoms with Gasteiger partial charge in [-0.3, -0.25) is 4.79 Å². The number of hydrogen-bond donors (Lipinski definition) is 1. The molecule has 0 aliphatic rings. The maximum atomic E-state index is 11.6. The third-order valence-corrected chi connectivity index (χ3v) is 2.07. The van der Waals surface area contributed by atoms with Crippen LogP contribution in [0.1, 0.15) is 34.7 Å². The first-order chi connectivity index (χ1) is 7.15. The van der Waals surface area contributed by atoms with Crippen molar-refractivity contribution in [2.45, 2.75) is 26.7 Å². The van der Waals surface area contributed by atoms with Gasteiger partial charge in [-0.2, -0.15) is 0 Å². The summed E-state index contributed by atoms with van der Waals surface area (Å²) in [6.45, 7) is 4.21. The SMILES string of the molecule is C#CCCCNC(=O)c1cc(C)oc1C. The summed E-state index contributed by atoms with van der Waals surface area (Å²) < 4.78 is 5.27. The van der Waals surface area contributed by atoms with Crippen LogP contribution in [0.15, 0.2) is 10.5 Å². The van der Waals surface area contributed by atoms with E-state index >= 15 is 0 Å². The van der Waals surface area contributed by atoms with Crippen molar-refractivity contribution in [1.82, 2.24) is 5.32 Å². The van der Waals surface area contributed by atoms with Gasteiger partial charge in [-0.15, -0.1) is 12.3 Å². The first-order valence-electron chi connectivity index (χ1n) is 4.94. The van der Waals surface area contributed by atoms with Gasteiger partial charge in [0.1, 0.15) is 11.5 Å². The summed E-state index contributed by atoms with van der Waals surface area (Å²) in [5.41, 5.74) is 0.605. The molecule has 0 atom stereocenters. The van der Waals surface area contributed by atoms with Crippen molar-refractivity contribution >= 4 is 5.91 Å². The summed E-state index contributed by atoms with van der Waals surface area (Å²) in [6, 6.07) is 1.74. The Morgan fingerprint density at radius 2 is 2.33 bits per heavy atom. The van der Waals surface area contributed by atoms with E-state index in [0.717, 1.165) is 12.2 Å². The van der Waals surface area contributed by atoms with E-state index in [0.29, 0.717) is 24.3 Å². The minimum Gasteiger partial charge on any atom is -0.466 e. The minimum absolute atomic E-state index is 0.0960. The fraction of sp³-hybridized carbons (Fsp3) is 0.417. The van der Waals surface area contributed by atoms with Crippen molar-refractivity contribution in [2.75, 3.05) is 6.54 Å². The summed E-state index contributed by atoms with van der Waals surface area (Å²) in [5, 5.41) is 2.79. The Morgan fingerprint density at radius 1 is 1.60 bits per heavy atom. The molecule has 0 unspecified atom stereocenters. The number of furan rings is 1. The number of carbonyl (C=O) groups excluding carboxylic acids is 1. The number of hydrogen-bond acceptors (Lipinski definition) is 2. The highest BCUT2D eigenvalue weighted by Crippen LogP contribution is 2.13. The van der Waals surface area contributed by atoms with Gasteiger partial charge in [0.25, 0.3) is 5.91 Å². The Labute approximate surface area is 89.9 Å². The van der Waals surface area contributed by atoms with E-state index in [1.54, 1.807) is 13.0 Å². The molecule has 0 fully saturated rings. The lowest BCUT2D eigenvalue weighted by Crippen LogP contribution is -2.24. The lowest BCUT2D eigenvalue weighted by atomic mass is 10.2. The zero-order valence-corrected chi connectivity index (χ0v) is 9.09. The number of rotatable bonds is 4. The van der Waals surface area contributed by atoms with Crippen molar-refractivity contribution in [1.29, 1.82) is 0 Å². The summed E-state index contributed by atoms with van der Waals surface area (Å²) in [4.78, 5) is 11.6. The molecule has 0 aromatic carbocycles. The third kappa shape index (κ3) is 3.17. The summed E-state index contributed by atoms with van der Waals surface area (Å²) in [7, 11) is 0. The molecule has 1 aromatic heterocycles. The number of carbonyl (C=O) groups is 1. The van der Waals surface area contributed by atoms with E-state index in [9.17, 15) is 4.79 Å². The van der Waals surface area contributed by atoms with Gasteiger partial charge in [-0.05, 0) is 26.3 Å². The van der Waals surface area contributed by atoms with E-state index in [1.165, 1.54) is 0 Å². The van der Waals surface area contributed by atoms with E-state index in [4.69, 9.17) is 10.8 Å². The van der Waals surface area contributed by atoms with Crippen LogP contribution in [0, 0.1) is 26.2 Å².